The summed E-state index contributed by atoms with van der Waals surface area (Å²) >= 11 is 1.83. The second-order valence-corrected chi connectivity index (χ2v) is 7.73. The molecule has 1 aliphatic rings. The lowest BCUT2D eigenvalue weighted by molar-refractivity contribution is -0.119. The van der Waals surface area contributed by atoms with Crippen molar-refractivity contribution in [2.45, 2.75) is 37.0 Å². The van der Waals surface area contributed by atoms with Gasteiger partial charge in [-0.3, -0.25) is 9.59 Å². The number of nitrogens with zero attached hydrogens (tertiary/aromatic N) is 1. The fourth-order valence-corrected chi connectivity index (χ4v) is 3.96. The van der Waals surface area contributed by atoms with Crippen LogP contribution in [0.4, 0.5) is 5.69 Å². The molecule has 0 aliphatic carbocycles. The van der Waals surface area contributed by atoms with Gasteiger partial charge in [-0.1, -0.05) is 31.2 Å². The highest BCUT2D eigenvalue weighted by Gasteiger charge is 2.24. The quantitative estimate of drug-likeness (QED) is 0.911. The van der Waals surface area contributed by atoms with Crippen molar-refractivity contribution in [3.63, 3.8) is 0 Å². The van der Waals surface area contributed by atoms with E-state index in [0.717, 1.165) is 29.1 Å². The molecule has 4 nitrogen and oxygen atoms in total. The van der Waals surface area contributed by atoms with Gasteiger partial charge in [0.1, 0.15) is 0 Å². The number of para-hydroxylation sites is 1. The van der Waals surface area contributed by atoms with E-state index in [1.807, 2.05) is 59.1 Å². The van der Waals surface area contributed by atoms with Gasteiger partial charge in [0.25, 0.3) is 5.91 Å². The average Bonchev–Trinajstić information content (AvgIpc) is 2.78. The summed E-state index contributed by atoms with van der Waals surface area (Å²) in [5.41, 5.74) is 2.64. The van der Waals surface area contributed by atoms with Crippen LogP contribution in [0.5, 0.6) is 0 Å². The Balaban J connectivity index is 1.81. The van der Waals surface area contributed by atoms with Gasteiger partial charge in [-0.15, -0.1) is 11.8 Å². The number of carbonyl (C=O) groups is 2. The zero-order chi connectivity index (χ0) is 17.8. The summed E-state index contributed by atoms with van der Waals surface area (Å²) in [6.07, 6.45) is 0.964. The first-order valence-electron chi connectivity index (χ1n) is 8.45. The molecule has 0 aromatic heterocycles. The van der Waals surface area contributed by atoms with Crippen molar-refractivity contribution >= 4 is 29.3 Å². The molecule has 2 aromatic rings. The lowest BCUT2D eigenvalue weighted by Crippen LogP contribution is -2.32. The summed E-state index contributed by atoms with van der Waals surface area (Å²) in [6, 6.07) is 15.6. The molecule has 0 saturated heterocycles. The number of amides is 2. The molecular formula is C20H22N2O2S. The molecule has 1 N–H and O–H groups in total. The fourth-order valence-electron chi connectivity index (χ4n) is 2.85. The van der Waals surface area contributed by atoms with Crippen LogP contribution in [-0.2, 0) is 11.3 Å². The first-order chi connectivity index (χ1) is 12.0. The predicted octanol–water partition coefficient (Wildman–Crippen LogP) is 3.85. The topological polar surface area (TPSA) is 49.4 Å². The van der Waals surface area contributed by atoms with Gasteiger partial charge in [-0.2, -0.15) is 0 Å². The number of thioether (sulfide) groups is 1. The summed E-state index contributed by atoms with van der Waals surface area (Å²) in [6.45, 7) is 4.89. The average molecular weight is 354 g/mol. The molecule has 0 fully saturated rings. The molecule has 1 unspecified atom stereocenters. The summed E-state index contributed by atoms with van der Waals surface area (Å²) in [7, 11) is 0. The van der Waals surface area contributed by atoms with Gasteiger partial charge in [0.2, 0.25) is 5.91 Å². The Hall–Kier alpha value is -2.27. The molecule has 1 aliphatic heterocycles. The molecule has 2 amide bonds. The van der Waals surface area contributed by atoms with Crippen molar-refractivity contribution in [3.8, 4) is 0 Å². The Bertz CT molecular complexity index is 774. The van der Waals surface area contributed by atoms with Crippen LogP contribution >= 0.6 is 11.8 Å². The number of carbonyl (C=O) groups excluding carboxylic acids is 2. The lowest BCUT2D eigenvalue weighted by atomic mass is 10.1. The van der Waals surface area contributed by atoms with Crippen LogP contribution in [0.3, 0.4) is 0 Å². The Labute approximate surface area is 152 Å². The molecule has 3 rings (SSSR count). The summed E-state index contributed by atoms with van der Waals surface area (Å²) in [4.78, 5) is 27.1. The Kier molecular flexibility index (Phi) is 5.43. The molecule has 25 heavy (non-hydrogen) atoms. The zero-order valence-electron chi connectivity index (χ0n) is 14.5. The minimum absolute atomic E-state index is 0.0215. The minimum Gasteiger partial charge on any atom is -0.352 e. The number of hydrogen-bond acceptors (Lipinski definition) is 3. The van der Waals surface area contributed by atoms with E-state index in [9.17, 15) is 9.59 Å². The van der Waals surface area contributed by atoms with E-state index in [2.05, 4.69) is 18.3 Å². The van der Waals surface area contributed by atoms with Gasteiger partial charge in [0.15, 0.2) is 0 Å². The standard InChI is InChI=1S/C20H22N2O2S/c1-14-11-12-22(18-5-3-4-6-19(18)25-14)20(24)17-9-7-16(8-10-17)13-21-15(2)23/h3-10,14H,11-13H2,1-2H3,(H,21,23). The molecule has 1 atom stereocenters. The maximum absolute atomic E-state index is 13.0. The summed E-state index contributed by atoms with van der Waals surface area (Å²) in [5, 5.41) is 3.25. The Morgan fingerprint density at radius 2 is 1.88 bits per heavy atom. The third kappa shape index (κ3) is 4.23. The van der Waals surface area contributed by atoms with Crippen molar-refractivity contribution in [3.05, 3.63) is 59.7 Å². The highest BCUT2D eigenvalue weighted by atomic mass is 32.2. The number of hydrogen-bond donors (Lipinski definition) is 1. The summed E-state index contributed by atoms with van der Waals surface area (Å²) in [5.74, 6) is -0.0406. The van der Waals surface area contributed by atoms with Crippen LogP contribution in [0, 0.1) is 0 Å². The van der Waals surface area contributed by atoms with E-state index in [1.165, 1.54) is 6.92 Å². The molecule has 130 valence electrons. The molecule has 2 aromatic carbocycles. The van der Waals surface area contributed by atoms with Gasteiger partial charge in [-0.25, -0.2) is 0 Å². The van der Waals surface area contributed by atoms with E-state index in [1.54, 1.807) is 0 Å². The van der Waals surface area contributed by atoms with Crippen LogP contribution in [-0.4, -0.2) is 23.6 Å². The molecular weight excluding hydrogens is 332 g/mol. The maximum Gasteiger partial charge on any atom is 0.258 e. The van der Waals surface area contributed by atoms with Gasteiger partial charge in [0, 0.05) is 35.7 Å². The molecule has 0 radical (unpaired) electrons. The SMILES string of the molecule is CC(=O)NCc1ccc(C(=O)N2CCC(C)Sc3ccccc32)cc1. The molecule has 1 heterocycles. The predicted molar refractivity (Wildman–Crippen MR) is 102 cm³/mol. The van der Waals surface area contributed by atoms with Gasteiger partial charge >= 0.3 is 0 Å². The highest BCUT2D eigenvalue weighted by Crippen LogP contribution is 2.37. The largest absolute Gasteiger partial charge is 0.352 e. The first-order valence-corrected chi connectivity index (χ1v) is 9.33. The first kappa shape index (κ1) is 17.5. The van der Waals surface area contributed by atoms with Crippen LogP contribution in [0.15, 0.2) is 53.4 Å². The van der Waals surface area contributed by atoms with E-state index in [-0.39, 0.29) is 11.8 Å². The van der Waals surface area contributed by atoms with Gasteiger partial charge in [0.05, 0.1) is 5.69 Å². The number of rotatable bonds is 3. The van der Waals surface area contributed by atoms with Crippen molar-refractivity contribution < 1.29 is 9.59 Å². The van der Waals surface area contributed by atoms with Crippen molar-refractivity contribution in [2.24, 2.45) is 0 Å². The van der Waals surface area contributed by atoms with E-state index in [0.29, 0.717) is 17.4 Å². The van der Waals surface area contributed by atoms with Gasteiger partial charge in [-0.05, 0) is 36.2 Å². The monoisotopic (exact) mass is 354 g/mol. The van der Waals surface area contributed by atoms with E-state index in [4.69, 9.17) is 0 Å². The lowest BCUT2D eigenvalue weighted by Gasteiger charge is -2.22. The molecule has 0 bridgehead atoms. The maximum atomic E-state index is 13.0. The molecule has 5 heteroatoms. The second-order valence-electron chi connectivity index (χ2n) is 6.25. The van der Waals surface area contributed by atoms with Crippen molar-refractivity contribution in [1.82, 2.24) is 5.32 Å². The molecule has 0 spiro atoms. The summed E-state index contributed by atoms with van der Waals surface area (Å²) < 4.78 is 0. The molecule has 0 saturated carbocycles. The number of benzene rings is 2. The fraction of sp³-hybridized carbons (Fsp3) is 0.300. The van der Waals surface area contributed by atoms with Crippen LogP contribution in [0.2, 0.25) is 0 Å². The highest BCUT2D eigenvalue weighted by molar-refractivity contribution is 8.00. The third-order valence-electron chi connectivity index (χ3n) is 4.23. The second kappa shape index (κ2) is 7.74. The smallest absolute Gasteiger partial charge is 0.258 e. The van der Waals surface area contributed by atoms with E-state index >= 15 is 0 Å². The van der Waals surface area contributed by atoms with Gasteiger partial charge < -0.3 is 10.2 Å². The van der Waals surface area contributed by atoms with Crippen molar-refractivity contribution in [2.75, 3.05) is 11.4 Å². The number of anilines is 1. The minimum atomic E-state index is -0.0621. The van der Waals surface area contributed by atoms with Crippen molar-refractivity contribution in [1.29, 1.82) is 0 Å². The van der Waals surface area contributed by atoms with Crippen LogP contribution in [0.25, 0.3) is 0 Å². The van der Waals surface area contributed by atoms with E-state index < -0.39 is 0 Å². The third-order valence-corrected chi connectivity index (χ3v) is 5.47. The Morgan fingerprint density at radius 1 is 1.16 bits per heavy atom. The number of nitrogens with one attached hydrogen (secondary N) is 1. The Morgan fingerprint density at radius 3 is 2.60 bits per heavy atom. The van der Waals surface area contributed by atoms with Crippen LogP contribution < -0.4 is 10.2 Å². The van der Waals surface area contributed by atoms with Crippen LogP contribution in [0.1, 0.15) is 36.2 Å². The number of fused-ring (bicyclic) bond motifs is 1. The normalized spacial score (nSPS) is 16.7. The zero-order valence-corrected chi connectivity index (χ0v) is 15.3.